The van der Waals surface area contributed by atoms with Crippen molar-refractivity contribution in [2.24, 2.45) is 0 Å². The van der Waals surface area contributed by atoms with Crippen molar-refractivity contribution < 1.29 is 22.7 Å². The maximum Gasteiger partial charge on any atom is 0.305 e. The van der Waals surface area contributed by atoms with Crippen molar-refractivity contribution in [1.29, 1.82) is 0 Å². The second-order valence-electron chi connectivity index (χ2n) is 2.47. The van der Waals surface area contributed by atoms with Crippen molar-refractivity contribution >= 4 is 53.1 Å². The predicted molar refractivity (Wildman–Crippen MR) is 63.0 cm³/mol. The van der Waals surface area contributed by atoms with Gasteiger partial charge in [-0.05, 0) is 17.7 Å². The molecule has 0 amide bonds. The standard InChI is InChI=1S/C7H2ClF2NO3.Cl2OS/c8-7(12)5-3(9)1-2-4(6(5)10)11(13)14;1-4(2)3/h1-2H;. The third-order valence-corrected chi connectivity index (χ3v) is 1.65. The molecule has 0 radical (unpaired) electrons. The lowest BCUT2D eigenvalue weighted by Crippen LogP contribution is -2.03. The molecule has 0 unspecified atom stereocenters. The van der Waals surface area contributed by atoms with Gasteiger partial charge in [-0.15, -0.1) is 0 Å². The minimum atomic E-state index is -1.67. The molecule has 0 spiro atoms. The van der Waals surface area contributed by atoms with Crippen LogP contribution in [0.15, 0.2) is 12.1 Å². The molecule has 100 valence electrons. The molecule has 0 aliphatic carbocycles. The first kappa shape index (κ1) is 17.2. The Hall–Kier alpha value is -0.830. The summed E-state index contributed by atoms with van der Waals surface area (Å²) in [5.74, 6) is -2.79. The Morgan fingerprint density at radius 1 is 1.33 bits per heavy atom. The molecule has 0 aliphatic heterocycles. The summed E-state index contributed by atoms with van der Waals surface area (Å²) in [7, 11) is 7.36. The minimum absolute atomic E-state index is 0.608. The second-order valence-corrected chi connectivity index (χ2v) is 5.34. The summed E-state index contributed by atoms with van der Waals surface area (Å²) in [6.07, 6.45) is 0. The average Bonchev–Trinajstić information content (AvgIpc) is 2.14. The third-order valence-electron chi connectivity index (χ3n) is 1.46. The van der Waals surface area contributed by atoms with Crippen LogP contribution in [0.1, 0.15) is 10.4 Å². The minimum Gasteiger partial charge on any atom is -0.275 e. The monoisotopic (exact) mass is 339 g/mol. The number of benzene rings is 1. The molecule has 0 saturated carbocycles. The summed E-state index contributed by atoms with van der Waals surface area (Å²) in [5.41, 5.74) is -2.10. The first-order valence-electron chi connectivity index (χ1n) is 3.75. The molecule has 0 heterocycles. The van der Waals surface area contributed by atoms with Gasteiger partial charge >= 0.3 is 5.69 Å². The van der Waals surface area contributed by atoms with E-state index in [2.05, 4.69) is 21.4 Å². The Morgan fingerprint density at radius 2 is 1.78 bits per heavy atom. The highest BCUT2D eigenvalue weighted by atomic mass is 36.0. The fourth-order valence-electron chi connectivity index (χ4n) is 0.863. The summed E-state index contributed by atoms with van der Waals surface area (Å²) in [6.45, 7) is 0. The van der Waals surface area contributed by atoms with E-state index < -0.39 is 42.3 Å². The van der Waals surface area contributed by atoms with E-state index in [0.29, 0.717) is 12.1 Å². The molecule has 0 aromatic heterocycles. The van der Waals surface area contributed by atoms with Gasteiger partial charge < -0.3 is 0 Å². The Balaban J connectivity index is 0.000000631. The van der Waals surface area contributed by atoms with Crippen LogP contribution in [0, 0.1) is 21.7 Å². The number of nitro benzene ring substituents is 1. The van der Waals surface area contributed by atoms with Gasteiger partial charge in [-0.3, -0.25) is 14.9 Å². The number of rotatable bonds is 2. The number of carbonyl (C=O) groups is 1. The van der Waals surface area contributed by atoms with E-state index in [4.69, 9.17) is 15.8 Å². The van der Waals surface area contributed by atoms with Gasteiger partial charge in [-0.1, -0.05) is 0 Å². The smallest absolute Gasteiger partial charge is 0.275 e. The van der Waals surface area contributed by atoms with Crippen molar-refractivity contribution in [3.8, 4) is 0 Å². The second kappa shape index (κ2) is 7.57. The van der Waals surface area contributed by atoms with Crippen molar-refractivity contribution in [1.82, 2.24) is 0 Å². The van der Waals surface area contributed by atoms with Gasteiger partial charge in [0.05, 0.1) is 4.92 Å². The molecule has 0 bridgehead atoms. The molecule has 0 fully saturated rings. The molecule has 11 heteroatoms. The number of hydrogen-bond donors (Lipinski definition) is 0. The fourth-order valence-corrected chi connectivity index (χ4v) is 1.04. The number of nitro groups is 1. The van der Waals surface area contributed by atoms with Gasteiger partial charge in [0, 0.05) is 27.4 Å². The highest BCUT2D eigenvalue weighted by Gasteiger charge is 2.24. The van der Waals surface area contributed by atoms with Crippen LogP contribution in [0.4, 0.5) is 14.5 Å². The van der Waals surface area contributed by atoms with Crippen LogP contribution in [0.3, 0.4) is 0 Å². The highest BCUT2D eigenvalue weighted by molar-refractivity contribution is 8.26. The Kier molecular flexibility index (Phi) is 7.22. The predicted octanol–water partition coefficient (Wildman–Crippen LogP) is 3.29. The molecule has 1 aromatic carbocycles. The van der Waals surface area contributed by atoms with Gasteiger partial charge in [0.15, 0.2) is 0 Å². The molecule has 0 N–H and O–H groups in total. The number of nitrogens with zero attached hydrogens (tertiary/aromatic N) is 1. The Morgan fingerprint density at radius 3 is 2.11 bits per heavy atom. The quantitative estimate of drug-likeness (QED) is 0.470. The van der Waals surface area contributed by atoms with Crippen LogP contribution in [0.5, 0.6) is 0 Å². The van der Waals surface area contributed by atoms with Crippen molar-refractivity contribution in [3.63, 3.8) is 0 Å². The molecule has 1 aromatic rings. The maximum absolute atomic E-state index is 13.0. The normalized spacial score (nSPS) is 9.67. The molecular formula is C7H2Cl3F2NO4S. The lowest BCUT2D eigenvalue weighted by atomic mass is 10.2. The highest BCUT2D eigenvalue weighted by Crippen LogP contribution is 2.24. The molecule has 1 rings (SSSR count). The van der Waals surface area contributed by atoms with E-state index in [0.717, 1.165) is 0 Å². The van der Waals surface area contributed by atoms with E-state index >= 15 is 0 Å². The molecule has 18 heavy (non-hydrogen) atoms. The lowest BCUT2D eigenvalue weighted by Gasteiger charge is -1.99. The largest absolute Gasteiger partial charge is 0.305 e. The number of halogens is 5. The van der Waals surface area contributed by atoms with E-state index in [1.54, 1.807) is 0 Å². The van der Waals surface area contributed by atoms with Crippen LogP contribution in [0.25, 0.3) is 0 Å². The fraction of sp³-hybridized carbons (Fsp3) is 0. The maximum atomic E-state index is 13.0. The van der Waals surface area contributed by atoms with Crippen molar-refractivity contribution in [3.05, 3.63) is 39.4 Å². The van der Waals surface area contributed by atoms with E-state index in [1.165, 1.54) is 0 Å². The van der Waals surface area contributed by atoms with Crippen LogP contribution in [-0.4, -0.2) is 14.4 Å². The molecular weight excluding hydrogens is 339 g/mol. The Labute approximate surface area is 115 Å². The zero-order valence-corrected chi connectivity index (χ0v) is 11.1. The van der Waals surface area contributed by atoms with Crippen LogP contribution < -0.4 is 0 Å². The van der Waals surface area contributed by atoms with Crippen LogP contribution >= 0.6 is 33.0 Å². The molecule has 0 aliphatic rings. The summed E-state index contributed by atoms with van der Waals surface area (Å²) in [4.78, 5) is 19.6. The molecule has 0 atom stereocenters. The summed E-state index contributed by atoms with van der Waals surface area (Å²) >= 11 is 4.85. The van der Waals surface area contributed by atoms with E-state index in [1.807, 2.05) is 0 Å². The third kappa shape index (κ3) is 5.21. The van der Waals surface area contributed by atoms with Crippen LogP contribution in [0.2, 0.25) is 0 Å². The Bertz CT molecular complexity index is 510. The first-order chi connectivity index (χ1) is 8.18. The SMILES string of the molecule is O=C(Cl)c1c(F)ccc([N+](=O)[O-])c1F.O=S(Cl)Cl. The molecule has 5 nitrogen and oxygen atoms in total. The van der Waals surface area contributed by atoms with Gasteiger partial charge in [0.1, 0.15) is 11.4 Å². The first-order valence-corrected chi connectivity index (χ1v) is 6.93. The summed E-state index contributed by atoms with van der Waals surface area (Å²) < 4.78 is 34.9. The van der Waals surface area contributed by atoms with Gasteiger partial charge in [-0.2, -0.15) is 4.39 Å². The summed E-state index contributed by atoms with van der Waals surface area (Å²) in [6, 6.07) is 1.23. The molecule has 0 saturated heterocycles. The van der Waals surface area contributed by atoms with Gasteiger partial charge in [0.2, 0.25) is 15.0 Å². The van der Waals surface area contributed by atoms with Gasteiger partial charge in [0.25, 0.3) is 5.24 Å². The summed E-state index contributed by atoms with van der Waals surface area (Å²) in [5, 5.41) is 8.78. The zero-order valence-electron chi connectivity index (χ0n) is 8.03. The number of hydrogen-bond acceptors (Lipinski definition) is 4. The zero-order chi connectivity index (χ0) is 14.5. The van der Waals surface area contributed by atoms with E-state index in [-0.39, 0.29) is 0 Å². The topological polar surface area (TPSA) is 77.3 Å². The van der Waals surface area contributed by atoms with E-state index in [9.17, 15) is 23.7 Å². The van der Waals surface area contributed by atoms with Gasteiger partial charge in [-0.25, -0.2) is 8.60 Å². The lowest BCUT2D eigenvalue weighted by molar-refractivity contribution is -0.387. The van der Waals surface area contributed by atoms with Crippen LogP contribution in [-0.2, 0) is 9.23 Å². The average molecular weight is 341 g/mol. The number of carbonyl (C=O) groups excluding carboxylic acids is 1. The van der Waals surface area contributed by atoms with Crippen molar-refractivity contribution in [2.45, 2.75) is 0 Å². The van der Waals surface area contributed by atoms with Crippen molar-refractivity contribution in [2.75, 3.05) is 0 Å².